The molecule has 0 aliphatic carbocycles. The summed E-state index contributed by atoms with van der Waals surface area (Å²) in [5.74, 6) is -0.109. The van der Waals surface area contributed by atoms with Crippen molar-refractivity contribution in [2.24, 2.45) is 0 Å². The normalized spacial score (nSPS) is 24.2. The maximum absolute atomic E-state index is 13.0. The Kier molecular flexibility index (Phi) is 6.94. The molecule has 42 heavy (non-hydrogen) atoms. The van der Waals surface area contributed by atoms with Crippen LogP contribution in [0.3, 0.4) is 0 Å². The van der Waals surface area contributed by atoms with Crippen LogP contribution in [0.15, 0.2) is 48.5 Å². The molecule has 1 aromatic heterocycles. The van der Waals surface area contributed by atoms with E-state index in [1.807, 2.05) is 12.1 Å². The summed E-state index contributed by atoms with van der Waals surface area (Å²) >= 11 is 0. The Hall–Kier alpha value is -3.82. The van der Waals surface area contributed by atoms with E-state index >= 15 is 0 Å². The lowest BCUT2D eigenvalue weighted by molar-refractivity contribution is -0.136. The van der Waals surface area contributed by atoms with Gasteiger partial charge >= 0.3 is 0 Å². The van der Waals surface area contributed by atoms with E-state index < -0.39 is 11.9 Å². The van der Waals surface area contributed by atoms with E-state index in [9.17, 15) is 14.4 Å². The van der Waals surface area contributed by atoms with E-state index in [4.69, 9.17) is 14.5 Å². The third-order valence-corrected chi connectivity index (χ3v) is 9.40. The largest absolute Gasteiger partial charge is 0.489 e. The van der Waals surface area contributed by atoms with Gasteiger partial charge in [0.05, 0.1) is 5.52 Å². The number of amides is 3. The molecule has 3 amide bonds. The van der Waals surface area contributed by atoms with Crippen LogP contribution >= 0.6 is 0 Å². The number of likely N-dealkylation sites (tertiary alicyclic amines) is 1. The molecule has 3 saturated heterocycles. The van der Waals surface area contributed by atoms with Crippen LogP contribution in [0.2, 0.25) is 0 Å². The summed E-state index contributed by atoms with van der Waals surface area (Å²) in [6.07, 6.45) is 3.61. The number of carbonyl (C=O) groups is 3. The molecule has 3 aromatic rings. The van der Waals surface area contributed by atoms with Crippen molar-refractivity contribution >= 4 is 28.6 Å². The highest BCUT2D eigenvalue weighted by Gasteiger charge is 2.39. The molecule has 0 saturated carbocycles. The number of pyridine rings is 1. The fourth-order valence-corrected chi connectivity index (χ4v) is 6.80. The van der Waals surface area contributed by atoms with Gasteiger partial charge in [-0.05, 0) is 73.2 Å². The number of fused-ring (bicyclic) bond motifs is 2. The van der Waals surface area contributed by atoms with E-state index in [0.717, 1.165) is 80.0 Å². The zero-order valence-corrected chi connectivity index (χ0v) is 23.9. The Morgan fingerprint density at radius 2 is 1.90 bits per heavy atom. The maximum Gasteiger partial charge on any atom is 0.255 e. The summed E-state index contributed by atoms with van der Waals surface area (Å²) in [6.45, 7) is 6.87. The van der Waals surface area contributed by atoms with Crippen molar-refractivity contribution in [3.8, 4) is 5.75 Å². The Balaban J connectivity index is 0.966. The molecule has 9 heteroatoms. The first-order chi connectivity index (χ1) is 20.3. The van der Waals surface area contributed by atoms with Crippen molar-refractivity contribution < 1.29 is 23.9 Å². The second kappa shape index (κ2) is 10.8. The fraction of sp³-hybridized carbons (Fsp3) is 0.455. The zero-order chi connectivity index (χ0) is 28.8. The van der Waals surface area contributed by atoms with Crippen LogP contribution in [0.1, 0.15) is 66.2 Å². The number of piperidine rings is 1. The van der Waals surface area contributed by atoms with Gasteiger partial charge in [-0.25, -0.2) is 0 Å². The standard InChI is InChI=1S/C33H36N4O5/c1-33(11-14-41-15-12-33)29-8-3-22-16-21(2-6-27(22)34-29)18-36-13-10-25(20-36)42-24-4-5-26-23(17-24)19-37(32(26)40)28-7-9-30(38)35-31(28)39/h2-6,8,16-17,25,28H,7,9-15,18-20H2,1H3,(H,35,38,39). The molecule has 7 rings (SSSR count). The first kappa shape index (κ1) is 27.0. The summed E-state index contributed by atoms with van der Waals surface area (Å²) in [6, 6.07) is 15.9. The molecule has 0 spiro atoms. The number of hydrogen-bond donors (Lipinski definition) is 1. The second-order valence-corrected chi connectivity index (χ2v) is 12.4. The maximum atomic E-state index is 13.0. The fourth-order valence-electron chi connectivity index (χ4n) is 6.80. The molecule has 218 valence electrons. The van der Waals surface area contributed by atoms with Crippen molar-refractivity contribution in [3.63, 3.8) is 0 Å². The monoisotopic (exact) mass is 568 g/mol. The average molecular weight is 569 g/mol. The summed E-state index contributed by atoms with van der Waals surface area (Å²) in [5.41, 5.74) is 5.00. The third kappa shape index (κ3) is 5.16. The van der Waals surface area contributed by atoms with Gasteiger partial charge in [-0.3, -0.25) is 29.6 Å². The Bertz CT molecular complexity index is 1570. The lowest BCUT2D eigenvalue weighted by Crippen LogP contribution is -2.52. The van der Waals surface area contributed by atoms with Crippen LogP contribution in [0.4, 0.5) is 0 Å². The van der Waals surface area contributed by atoms with Crippen LogP contribution in [0, 0.1) is 0 Å². The molecule has 1 N–H and O–H groups in total. The Morgan fingerprint density at radius 1 is 1.05 bits per heavy atom. The second-order valence-electron chi connectivity index (χ2n) is 12.4. The van der Waals surface area contributed by atoms with E-state index in [2.05, 4.69) is 47.5 Å². The highest BCUT2D eigenvalue weighted by atomic mass is 16.5. The zero-order valence-electron chi connectivity index (χ0n) is 23.9. The summed E-state index contributed by atoms with van der Waals surface area (Å²) < 4.78 is 11.9. The number of benzene rings is 2. The molecule has 9 nitrogen and oxygen atoms in total. The molecule has 2 aromatic carbocycles. The van der Waals surface area contributed by atoms with Gasteiger partial charge in [-0.1, -0.05) is 19.1 Å². The highest BCUT2D eigenvalue weighted by Crippen LogP contribution is 2.34. The van der Waals surface area contributed by atoms with Gasteiger partial charge in [-0.2, -0.15) is 0 Å². The predicted molar refractivity (Wildman–Crippen MR) is 156 cm³/mol. The first-order valence-corrected chi connectivity index (χ1v) is 15.0. The van der Waals surface area contributed by atoms with Gasteiger partial charge < -0.3 is 14.4 Å². The average Bonchev–Trinajstić information content (AvgIpc) is 3.56. The number of ether oxygens (including phenoxy) is 2. The SMILES string of the molecule is CC1(c2ccc3cc(CN4CCC(Oc5ccc6c(c5)CN(C5CCC(=O)NC5=O)C6=O)C4)ccc3n2)CCOCC1. The van der Waals surface area contributed by atoms with Gasteiger partial charge in [0.25, 0.3) is 5.91 Å². The van der Waals surface area contributed by atoms with Crippen LogP contribution in [-0.4, -0.2) is 71.0 Å². The van der Waals surface area contributed by atoms with Crippen LogP contribution in [-0.2, 0) is 32.8 Å². The lowest BCUT2D eigenvalue weighted by atomic mass is 9.79. The third-order valence-electron chi connectivity index (χ3n) is 9.40. The van der Waals surface area contributed by atoms with Crippen molar-refractivity contribution in [1.29, 1.82) is 0 Å². The van der Waals surface area contributed by atoms with Gasteiger partial charge in [0.1, 0.15) is 17.9 Å². The minimum Gasteiger partial charge on any atom is -0.489 e. The van der Waals surface area contributed by atoms with Crippen molar-refractivity contribution in [3.05, 3.63) is 70.9 Å². The molecule has 4 aliphatic rings. The van der Waals surface area contributed by atoms with Crippen molar-refractivity contribution in [2.75, 3.05) is 26.3 Å². The number of imide groups is 1. The Labute approximate surface area is 245 Å². The number of aromatic nitrogens is 1. The van der Waals surface area contributed by atoms with E-state index in [-0.39, 0.29) is 29.8 Å². The molecule has 4 aliphatic heterocycles. The number of rotatable bonds is 6. The van der Waals surface area contributed by atoms with Crippen LogP contribution in [0.25, 0.3) is 10.9 Å². The molecule has 0 radical (unpaired) electrons. The molecule has 0 bridgehead atoms. The quantitative estimate of drug-likeness (QED) is 0.453. The first-order valence-electron chi connectivity index (χ1n) is 15.0. The molecule has 5 heterocycles. The molecular weight excluding hydrogens is 532 g/mol. The summed E-state index contributed by atoms with van der Waals surface area (Å²) in [5, 5.41) is 3.52. The van der Waals surface area contributed by atoms with Crippen LogP contribution < -0.4 is 10.1 Å². The smallest absolute Gasteiger partial charge is 0.255 e. The van der Waals surface area contributed by atoms with Gasteiger partial charge in [0.2, 0.25) is 11.8 Å². The summed E-state index contributed by atoms with van der Waals surface area (Å²) in [4.78, 5) is 45.9. The summed E-state index contributed by atoms with van der Waals surface area (Å²) in [7, 11) is 0. The minimum atomic E-state index is -0.612. The highest BCUT2D eigenvalue weighted by molar-refractivity contribution is 6.05. The number of hydrogen-bond acceptors (Lipinski definition) is 7. The van der Waals surface area contributed by atoms with Gasteiger partial charge in [0, 0.05) is 67.9 Å². The van der Waals surface area contributed by atoms with Crippen molar-refractivity contribution in [2.45, 2.75) is 69.7 Å². The van der Waals surface area contributed by atoms with E-state index in [1.54, 1.807) is 11.0 Å². The predicted octanol–water partition coefficient (Wildman–Crippen LogP) is 3.72. The van der Waals surface area contributed by atoms with Crippen molar-refractivity contribution in [1.82, 2.24) is 20.1 Å². The molecule has 2 atom stereocenters. The van der Waals surface area contributed by atoms with Gasteiger partial charge in [0.15, 0.2) is 0 Å². The topological polar surface area (TPSA) is 101 Å². The van der Waals surface area contributed by atoms with E-state index in [0.29, 0.717) is 18.5 Å². The van der Waals surface area contributed by atoms with E-state index in [1.165, 1.54) is 5.56 Å². The lowest BCUT2D eigenvalue weighted by Gasteiger charge is -2.33. The minimum absolute atomic E-state index is 0.0660. The number of nitrogens with one attached hydrogen (secondary N) is 1. The van der Waals surface area contributed by atoms with Gasteiger partial charge in [-0.15, -0.1) is 0 Å². The van der Waals surface area contributed by atoms with Crippen LogP contribution in [0.5, 0.6) is 5.75 Å². The number of nitrogens with zero attached hydrogens (tertiary/aromatic N) is 3. The molecular formula is C33H36N4O5. The molecule has 3 fully saturated rings. The Morgan fingerprint density at radius 3 is 2.74 bits per heavy atom. The number of carbonyl (C=O) groups excluding carboxylic acids is 3. The molecule has 2 unspecified atom stereocenters.